The van der Waals surface area contributed by atoms with Gasteiger partial charge < -0.3 is 4.74 Å². The number of aryl methyl sites for hydroxylation is 1. The number of rotatable bonds is 4. The Labute approximate surface area is 86.8 Å². The second-order valence-corrected chi connectivity index (χ2v) is 3.17. The van der Waals surface area contributed by atoms with Crippen molar-refractivity contribution in [2.24, 2.45) is 0 Å². The van der Waals surface area contributed by atoms with Crippen LogP contribution in [0.15, 0.2) is 12.1 Å². The monoisotopic (exact) mass is 213 g/mol. The van der Waals surface area contributed by atoms with Gasteiger partial charge in [-0.2, -0.15) is 4.39 Å². The fourth-order valence-corrected chi connectivity index (χ4v) is 1.15. The molecule has 0 aliphatic heterocycles. The third-order valence-electron chi connectivity index (χ3n) is 1.90. The molecule has 0 heterocycles. The highest BCUT2D eigenvalue weighted by molar-refractivity contribution is 5.44. The first-order valence-electron chi connectivity index (χ1n) is 4.63. The van der Waals surface area contributed by atoms with Crippen molar-refractivity contribution in [2.45, 2.75) is 20.3 Å². The summed E-state index contributed by atoms with van der Waals surface area (Å²) in [4.78, 5) is 9.71. The molecule has 0 bridgehead atoms. The highest BCUT2D eigenvalue weighted by Gasteiger charge is 2.17. The highest BCUT2D eigenvalue weighted by Crippen LogP contribution is 2.27. The number of hydrogen-bond donors (Lipinski definition) is 0. The molecule has 0 amide bonds. The molecule has 1 rings (SSSR count). The Hall–Kier alpha value is -1.65. The van der Waals surface area contributed by atoms with Gasteiger partial charge in [-0.1, -0.05) is 6.92 Å². The zero-order valence-electron chi connectivity index (χ0n) is 8.62. The number of nitro groups is 1. The van der Waals surface area contributed by atoms with Crippen molar-refractivity contribution in [3.05, 3.63) is 33.6 Å². The smallest absolute Gasteiger partial charge is 0.308 e. The molecule has 4 nitrogen and oxygen atoms in total. The van der Waals surface area contributed by atoms with Crippen LogP contribution in [-0.4, -0.2) is 11.5 Å². The molecular weight excluding hydrogens is 201 g/mol. The van der Waals surface area contributed by atoms with E-state index in [1.165, 1.54) is 0 Å². The summed E-state index contributed by atoms with van der Waals surface area (Å²) in [6.45, 7) is 4.04. The zero-order chi connectivity index (χ0) is 11.4. The summed E-state index contributed by atoms with van der Waals surface area (Å²) in [5.41, 5.74) is 0.0123. The van der Waals surface area contributed by atoms with Crippen LogP contribution in [0.2, 0.25) is 0 Å². The number of nitrogens with zero attached hydrogens (tertiary/aromatic N) is 1. The van der Waals surface area contributed by atoms with Crippen LogP contribution in [-0.2, 0) is 0 Å². The lowest BCUT2D eigenvalue weighted by molar-refractivity contribution is -0.387. The van der Waals surface area contributed by atoms with Crippen LogP contribution >= 0.6 is 0 Å². The van der Waals surface area contributed by atoms with Gasteiger partial charge >= 0.3 is 5.69 Å². The van der Waals surface area contributed by atoms with Crippen LogP contribution in [0.3, 0.4) is 0 Å². The van der Waals surface area contributed by atoms with Gasteiger partial charge in [-0.3, -0.25) is 10.1 Å². The van der Waals surface area contributed by atoms with Crippen LogP contribution < -0.4 is 4.74 Å². The fourth-order valence-electron chi connectivity index (χ4n) is 1.15. The van der Waals surface area contributed by atoms with Gasteiger partial charge in [-0.25, -0.2) is 0 Å². The molecule has 82 valence electrons. The highest BCUT2D eigenvalue weighted by atomic mass is 19.1. The number of hydrogen-bond acceptors (Lipinski definition) is 3. The second-order valence-electron chi connectivity index (χ2n) is 3.17. The van der Waals surface area contributed by atoms with Crippen LogP contribution in [0, 0.1) is 22.9 Å². The minimum Gasteiger partial charge on any atom is -0.493 e. The number of halogens is 1. The molecule has 1 aromatic rings. The molecule has 0 saturated carbocycles. The quantitative estimate of drug-likeness (QED) is 0.570. The van der Waals surface area contributed by atoms with Gasteiger partial charge in [0.1, 0.15) is 5.75 Å². The van der Waals surface area contributed by atoms with Crippen molar-refractivity contribution < 1.29 is 14.1 Å². The van der Waals surface area contributed by atoms with E-state index in [4.69, 9.17) is 4.74 Å². The van der Waals surface area contributed by atoms with Crippen LogP contribution in [0.25, 0.3) is 0 Å². The van der Waals surface area contributed by atoms with Crippen molar-refractivity contribution in [1.29, 1.82) is 0 Å². The molecule has 0 saturated heterocycles. The van der Waals surface area contributed by atoms with E-state index in [0.29, 0.717) is 17.9 Å². The van der Waals surface area contributed by atoms with Crippen molar-refractivity contribution in [2.75, 3.05) is 6.61 Å². The predicted octanol–water partition coefficient (Wildman–Crippen LogP) is 2.83. The van der Waals surface area contributed by atoms with Gasteiger partial charge in [0.15, 0.2) is 0 Å². The minimum absolute atomic E-state index is 0.366. The minimum atomic E-state index is -0.832. The maximum atomic E-state index is 13.1. The van der Waals surface area contributed by atoms with E-state index in [9.17, 15) is 14.5 Å². The van der Waals surface area contributed by atoms with Gasteiger partial charge in [-0.15, -0.1) is 0 Å². The number of benzene rings is 1. The maximum Gasteiger partial charge on any atom is 0.308 e. The summed E-state index contributed by atoms with van der Waals surface area (Å²) in [6.07, 6.45) is 0.796. The van der Waals surface area contributed by atoms with Gasteiger partial charge in [0.2, 0.25) is 5.82 Å². The Morgan fingerprint density at radius 3 is 2.73 bits per heavy atom. The van der Waals surface area contributed by atoms with E-state index in [1.54, 1.807) is 6.92 Å². The van der Waals surface area contributed by atoms with Crippen molar-refractivity contribution >= 4 is 5.69 Å². The van der Waals surface area contributed by atoms with E-state index >= 15 is 0 Å². The average Bonchev–Trinajstić information content (AvgIpc) is 2.16. The third-order valence-corrected chi connectivity index (χ3v) is 1.90. The van der Waals surface area contributed by atoms with Gasteiger partial charge in [0, 0.05) is 0 Å². The van der Waals surface area contributed by atoms with E-state index in [-0.39, 0.29) is 0 Å². The zero-order valence-corrected chi connectivity index (χ0v) is 8.62. The normalized spacial score (nSPS) is 10.1. The summed E-state index contributed by atoms with van der Waals surface area (Å²) in [5, 5.41) is 10.5. The molecule has 0 spiro atoms. The van der Waals surface area contributed by atoms with Crippen molar-refractivity contribution in [3.8, 4) is 5.75 Å². The fraction of sp³-hybridized carbons (Fsp3) is 0.400. The lowest BCUT2D eigenvalue weighted by atomic mass is 10.2. The molecule has 5 heteroatoms. The summed E-state index contributed by atoms with van der Waals surface area (Å²) >= 11 is 0. The third kappa shape index (κ3) is 2.65. The summed E-state index contributed by atoms with van der Waals surface area (Å²) in [5.74, 6) is -0.466. The Balaban J connectivity index is 3.06. The summed E-state index contributed by atoms with van der Waals surface area (Å²) in [6, 6.07) is 2.24. The topological polar surface area (TPSA) is 52.4 Å². The Bertz CT molecular complexity index is 379. The molecule has 15 heavy (non-hydrogen) atoms. The molecule has 0 N–H and O–H groups in total. The van der Waals surface area contributed by atoms with Gasteiger partial charge in [0.05, 0.1) is 17.6 Å². The average molecular weight is 213 g/mol. The van der Waals surface area contributed by atoms with E-state index in [0.717, 1.165) is 18.6 Å². The van der Waals surface area contributed by atoms with Crippen LogP contribution in [0.1, 0.15) is 18.9 Å². The Morgan fingerprint density at radius 2 is 2.20 bits per heavy atom. The SMILES string of the molecule is CCCOc1cc([N+](=O)[O-])c(F)cc1C. The Morgan fingerprint density at radius 1 is 1.53 bits per heavy atom. The first-order chi connectivity index (χ1) is 7.06. The molecule has 0 aliphatic rings. The molecule has 0 fully saturated rings. The Kier molecular flexibility index (Phi) is 3.60. The van der Waals surface area contributed by atoms with Gasteiger partial charge in [-0.05, 0) is 25.0 Å². The standard InChI is InChI=1S/C10H12FNO3/c1-3-4-15-10-6-9(12(13)14)8(11)5-7(10)2/h5-6H,3-4H2,1-2H3. The molecule has 0 radical (unpaired) electrons. The lowest BCUT2D eigenvalue weighted by Gasteiger charge is -2.07. The number of ether oxygens (including phenoxy) is 1. The van der Waals surface area contributed by atoms with E-state index < -0.39 is 16.4 Å². The lowest BCUT2D eigenvalue weighted by Crippen LogP contribution is -2.00. The second kappa shape index (κ2) is 4.72. The molecule has 0 aromatic heterocycles. The first kappa shape index (κ1) is 11.4. The molecular formula is C10H12FNO3. The summed E-state index contributed by atoms with van der Waals surface area (Å²) < 4.78 is 18.4. The largest absolute Gasteiger partial charge is 0.493 e. The maximum absolute atomic E-state index is 13.1. The van der Waals surface area contributed by atoms with Crippen LogP contribution in [0.4, 0.5) is 10.1 Å². The predicted molar refractivity (Wildman–Crippen MR) is 53.6 cm³/mol. The number of nitro benzene ring substituents is 1. The van der Waals surface area contributed by atoms with Crippen molar-refractivity contribution in [3.63, 3.8) is 0 Å². The molecule has 1 aromatic carbocycles. The van der Waals surface area contributed by atoms with Crippen LogP contribution in [0.5, 0.6) is 5.75 Å². The molecule has 0 aliphatic carbocycles. The van der Waals surface area contributed by atoms with E-state index in [1.807, 2.05) is 6.92 Å². The van der Waals surface area contributed by atoms with Crippen molar-refractivity contribution in [1.82, 2.24) is 0 Å². The van der Waals surface area contributed by atoms with E-state index in [2.05, 4.69) is 0 Å². The first-order valence-corrected chi connectivity index (χ1v) is 4.63. The molecule has 0 atom stereocenters. The summed E-state index contributed by atoms with van der Waals surface area (Å²) in [7, 11) is 0. The van der Waals surface area contributed by atoms with Gasteiger partial charge in [0.25, 0.3) is 0 Å². The molecule has 0 unspecified atom stereocenters.